The normalized spacial score (nSPS) is 14.9. The SMILES string of the molecule is COc1cccc(NC(=O)CN(C)CC(=O)N(C)C[C@@H]2COc3ccccc3O2)c1. The van der Waals surface area contributed by atoms with E-state index in [0.717, 1.165) is 0 Å². The van der Waals surface area contributed by atoms with Gasteiger partial charge in [0.1, 0.15) is 12.4 Å². The highest BCUT2D eigenvalue weighted by Crippen LogP contribution is 2.30. The van der Waals surface area contributed by atoms with Crippen LogP contribution in [0.2, 0.25) is 0 Å². The summed E-state index contributed by atoms with van der Waals surface area (Å²) in [6.45, 7) is 0.990. The van der Waals surface area contributed by atoms with Crippen molar-refractivity contribution in [3.8, 4) is 17.2 Å². The Morgan fingerprint density at radius 1 is 1.10 bits per heavy atom. The maximum atomic E-state index is 12.5. The monoisotopic (exact) mass is 413 g/mol. The van der Waals surface area contributed by atoms with E-state index >= 15 is 0 Å². The van der Waals surface area contributed by atoms with Gasteiger partial charge in [-0.05, 0) is 31.3 Å². The van der Waals surface area contributed by atoms with Crippen molar-refractivity contribution in [3.05, 3.63) is 48.5 Å². The number of hydrogen-bond donors (Lipinski definition) is 1. The summed E-state index contributed by atoms with van der Waals surface area (Å²) in [6, 6.07) is 14.6. The molecule has 0 bridgehead atoms. The van der Waals surface area contributed by atoms with E-state index in [1.807, 2.05) is 24.3 Å². The van der Waals surface area contributed by atoms with Crippen LogP contribution < -0.4 is 19.5 Å². The molecule has 1 aliphatic heterocycles. The fourth-order valence-electron chi connectivity index (χ4n) is 3.11. The molecule has 30 heavy (non-hydrogen) atoms. The van der Waals surface area contributed by atoms with Crippen LogP contribution in [-0.2, 0) is 9.59 Å². The molecule has 0 radical (unpaired) electrons. The molecule has 1 atom stereocenters. The molecule has 0 aromatic heterocycles. The third-order valence-electron chi connectivity index (χ3n) is 4.64. The molecule has 8 heteroatoms. The van der Waals surface area contributed by atoms with Crippen molar-refractivity contribution in [2.24, 2.45) is 0 Å². The molecule has 0 fully saturated rings. The van der Waals surface area contributed by atoms with Gasteiger partial charge in [-0.15, -0.1) is 0 Å². The number of para-hydroxylation sites is 2. The van der Waals surface area contributed by atoms with Crippen molar-refractivity contribution in [1.29, 1.82) is 0 Å². The zero-order chi connectivity index (χ0) is 21.5. The van der Waals surface area contributed by atoms with Crippen LogP contribution in [0.5, 0.6) is 17.2 Å². The van der Waals surface area contributed by atoms with Gasteiger partial charge in [-0.3, -0.25) is 14.5 Å². The number of rotatable bonds is 8. The first-order chi connectivity index (χ1) is 14.4. The predicted octanol–water partition coefficient (Wildman–Crippen LogP) is 1.86. The summed E-state index contributed by atoms with van der Waals surface area (Å²) in [5, 5.41) is 2.80. The summed E-state index contributed by atoms with van der Waals surface area (Å²) in [5.41, 5.74) is 0.644. The lowest BCUT2D eigenvalue weighted by atomic mass is 10.2. The smallest absolute Gasteiger partial charge is 0.238 e. The second kappa shape index (κ2) is 9.98. The molecule has 2 aromatic rings. The molecule has 1 N–H and O–H groups in total. The van der Waals surface area contributed by atoms with Gasteiger partial charge in [0.15, 0.2) is 17.6 Å². The topological polar surface area (TPSA) is 80.3 Å². The Labute approximate surface area is 176 Å². The quantitative estimate of drug-likeness (QED) is 0.712. The average Bonchev–Trinajstić information content (AvgIpc) is 2.73. The summed E-state index contributed by atoms with van der Waals surface area (Å²) in [5.74, 6) is 1.75. The van der Waals surface area contributed by atoms with Gasteiger partial charge in [0.25, 0.3) is 0 Å². The molecular formula is C22H27N3O5. The Morgan fingerprint density at radius 3 is 2.63 bits per heavy atom. The minimum Gasteiger partial charge on any atom is -0.497 e. The lowest BCUT2D eigenvalue weighted by Crippen LogP contribution is -2.45. The number of hydrogen-bond acceptors (Lipinski definition) is 6. The minimum atomic E-state index is -0.240. The molecule has 0 unspecified atom stereocenters. The molecule has 0 aliphatic carbocycles. The molecule has 0 spiro atoms. The van der Waals surface area contributed by atoms with E-state index in [2.05, 4.69) is 5.32 Å². The van der Waals surface area contributed by atoms with E-state index in [0.29, 0.717) is 36.1 Å². The van der Waals surface area contributed by atoms with E-state index in [1.54, 1.807) is 55.3 Å². The number of fused-ring (bicyclic) bond motifs is 1. The fraction of sp³-hybridized carbons (Fsp3) is 0.364. The highest BCUT2D eigenvalue weighted by atomic mass is 16.6. The Balaban J connectivity index is 1.43. The summed E-state index contributed by atoms with van der Waals surface area (Å²) in [6.07, 6.45) is -0.240. The summed E-state index contributed by atoms with van der Waals surface area (Å²) in [4.78, 5) is 28.1. The number of nitrogens with zero attached hydrogens (tertiary/aromatic N) is 2. The first-order valence-electron chi connectivity index (χ1n) is 9.69. The third-order valence-corrected chi connectivity index (χ3v) is 4.64. The van der Waals surface area contributed by atoms with E-state index in [1.165, 1.54) is 0 Å². The number of carbonyl (C=O) groups excluding carboxylic acids is 2. The highest BCUT2D eigenvalue weighted by Gasteiger charge is 2.24. The van der Waals surface area contributed by atoms with Crippen LogP contribution in [0, 0.1) is 0 Å². The molecule has 2 amide bonds. The molecule has 2 aromatic carbocycles. The van der Waals surface area contributed by atoms with Crippen molar-refractivity contribution in [3.63, 3.8) is 0 Å². The van der Waals surface area contributed by atoms with Gasteiger partial charge in [0.05, 0.1) is 26.7 Å². The van der Waals surface area contributed by atoms with E-state index in [-0.39, 0.29) is 31.0 Å². The van der Waals surface area contributed by atoms with Crippen LogP contribution in [-0.4, -0.2) is 75.2 Å². The number of ether oxygens (including phenoxy) is 3. The number of nitrogens with one attached hydrogen (secondary N) is 1. The predicted molar refractivity (Wildman–Crippen MR) is 113 cm³/mol. The first kappa shape index (κ1) is 21.4. The van der Waals surface area contributed by atoms with Crippen molar-refractivity contribution in [2.75, 3.05) is 52.8 Å². The standard InChI is InChI=1S/C22H27N3O5/c1-24(13-21(26)23-16-7-6-8-17(11-16)28-3)14-22(27)25(2)12-18-15-29-19-9-4-5-10-20(19)30-18/h4-11,18H,12-15H2,1-3H3,(H,23,26)/t18-/m1/s1. The second-order valence-corrected chi connectivity index (χ2v) is 7.22. The minimum absolute atomic E-state index is 0.0905. The van der Waals surface area contributed by atoms with Crippen molar-refractivity contribution in [2.45, 2.75) is 6.10 Å². The Morgan fingerprint density at radius 2 is 1.87 bits per heavy atom. The van der Waals surface area contributed by atoms with Crippen molar-refractivity contribution >= 4 is 17.5 Å². The molecule has 8 nitrogen and oxygen atoms in total. The highest BCUT2D eigenvalue weighted by molar-refractivity contribution is 5.92. The van der Waals surface area contributed by atoms with Crippen molar-refractivity contribution in [1.82, 2.24) is 9.80 Å². The third kappa shape index (κ3) is 5.87. The number of carbonyl (C=O) groups is 2. The number of benzene rings is 2. The summed E-state index contributed by atoms with van der Waals surface area (Å²) >= 11 is 0. The van der Waals surface area contributed by atoms with E-state index in [4.69, 9.17) is 14.2 Å². The average molecular weight is 413 g/mol. The second-order valence-electron chi connectivity index (χ2n) is 7.22. The first-order valence-corrected chi connectivity index (χ1v) is 9.69. The zero-order valence-corrected chi connectivity index (χ0v) is 17.5. The van der Waals surface area contributed by atoms with Crippen LogP contribution in [0.3, 0.4) is 0 Å². The molecule has 0 saturated heterocycles. The fourth-order valence-corrected chi connectivity index (χ4v) is 3.11. The van der Waals surface area contributed by atoms with Gasteiger partial charge in [0, 0.05) is 18.8 Å². The Bertz CT molecular complexity index is 889. The summed E-state index contributed by atoms with van der Waals surface area (Å²) in [7, 11) is 5.02. The van der Waals surface area contributed by atoms with Gasteiger partial charge < -0.3 is 24.4 Å². The molecule has 1 aliphatic rings. The lowest BCUT2D eigenvalue weighted by molar-refractivity contribution is -0.132. The molecule has 160 valence electrons. The lowest BCUT2D eigenvalue weighted by Gasteiger charge is -2.30. The Hall–Kier alpha value is -3.26. The number of anilines is 1. The Kier molecular flexibility index (Phi) is 7.13. The van der Waals surface area contributed by atoms with Crippen LogP contribution in [0.15, 0.2) is 48.5 Å². The number of amides is 2. The molecule has 3 rings (SSSR count). The van der Waals surface area contributed by atoms with Gasteiger partial charge in [-0.2, -0.15) is 0 Å². The molecule has 1 heterocycles. The van der Waals surface area contributed by atoms with Crippen LogP contribution in [0.1, 0.15) is 0 Å². The van der Waals surface area contributed by atoms with Gasteiger partial charge in [-0.25, -0.2) is 0 Å². The van der Waals surface area contributed by atoms with Crippen LogP contribution >= 0.6 is 0 Å². The van der Waals surface area contributed by atoms with E-state index in [9.17, 15) is 9.59 Å². The summed E-state index contributed by atoms with van der Waals surface area (Å²) < 4.78 is 16.7. The van der Waals surface area contributed by atoms with Gasteiger partial charge in [0.2, 0.25) is 11.8 Å². The van der Waals surface area contributed by atoms with Crippen LogP contribution in [0.25, 0.3) is 0 Å². The number of likely N-dealkylation sites (N-methyl/N-ethyl adjacent to an activating group) is 2. The number of methoxy groups -OCH3 is 1. The molecular weight excluding hydrogens is 386 g/mol. The van der Waals surface area contributed by atoms with E-state index < -0.39 is 0 Å². The largest absolute Gasteiger partial charge is 0.497 e. The maximum absolute atomic E-state index is 12.5. The van der Waals surface area contributed by atoms with Gasteiger partial charge in [-0.1, -0.05) is 18.2 Å². The van der Waals surface area contributed by atoms with Gasteiger partial charge >= 0.3 is 0 Å². The van der Waals surface area contributed by atoms with Crippen molar-refractivity contribution < 1.29 is 23.8 Å². The van der Waals surface area contributed by atoms with Crippen LogP contribution in [0.4, 0.5) is 5.69 Å². The maximum Gasteiger partial charge on any atom is 0.238 e. The zero-order valence-electron chi connectivity index (χ0n) is 17.5. The molecule has 0 saturated carbocycles.